The largest absolute Gasteiger partial charge is 0.375 e. The number of carbonyl (C=O) groups excluding carboxylic acids is 3. The van der Waals surface area contributed by atoms with Crippen LogP contribution in [0.25, 0.3) is 0 Å². The third-order valence-electron chi connectivity index (χ3n) is 4.15. The predicted octanol–water partition coefficient (Wildman–Crippen LogP) is -0.339. The maximum Gasteiger partial charge on any atom is 0.325 e. The number of morpholine rings is 1. The number of thioether (sulfide) groups is 1. The molecule has 0 saturated carbocycles. The van der Waals surface area contributed by atoms with Gasteiger partial charge in [-0.25, -0.2) is 4.79 Å². The van der Waals surface area contributed by atoms with Crippen molar-refractivity contribution in [2.24, 2.45) is 0 Å². The Morgan fingerprint density at radius 1 is 1.52 bits per heavy atom. The molecule has 1 N–H and O–H groups in total. The van der Waals surface area contributed by atoms with Gasteiger partial charge in [0.1, 0.15) is 12.1 Å². The fraction of sp³-hybridized carbons (Fsp3) is 0.769. The molecule has 0 aromatic carbocycles. The molecule has 21 heavy (non-hydrogen) atoms. The lowest BCUT2D eigenvalue weighted by Gasteiger charge is -2.32. The molecule has 0 aliphatic carbocycles. The third-order valence-corrected chi connectivity index (χ3v) is 5.34. The van der Waals surface area contributed by atoms with Crippen LogP contribution in [0.5, 0.6) is 0 Å². The van der Waals surface area contributed by atoms with Gasteiger partial charge in [0.05, 0.1) is 12.7 Å². The summed E-state index contributed by atoms with van der Waals surface area (Å²) in [4.78, 5) is 39.5. The second kappa shape index (κ2) is 5.49. The number of hydrogen-bond donors (Lipinski definition) is 1. The fourth-order valence-electron chi connectivity index (χ4n) is 2.93. The second-order valence-electron chi connectivity index (χ2n) is 5.73. The number of carbonyl (C=O) groups is 3. The van der Waals surface area contributed by atoms with Gasteiger partial charge in [-0.3, -0.25) is 14.5 Å². The van der Waals surface area contributed by atoms with Crippen molar-refractivity contribution in [2.75, 3.05) is 37.7 Å². The number of nitrogens with zero attached hydrogens (tertiary/aromatic N) is 2. The highest BCUT2D eigenvalue weighted by Crippen LogP contribution is 2.33. The number of imide groups is 1. The molecular weight excluding hydrogens is 294 g/mol. The molecule has 4 amide bonds. The molecule has 3 aliphatic rings. The average Bonchev–Trinajstić information content (AvgIpc) is 3.00. The van der Waals surface area contributed by atoms with E-state index in [1.165, 1.54) is 0 Å². The first-order chi connectivity index (χ1) is 10.0. The quantitative estimate of drug-likeness (QED) is 0.706. The zero-order valence-corrected chi connectivity index (χ0v) is 12.8. The second-order valence-corrected chi connectivity index (χ2v) is 6.83. The van der Waals surface area contributed by atoms with Crippen LogP contribution in [0, 0.1) is 0 Å². The van der Waals surface area contributed by atoms with Crippen molar-refractivity contribution in [3.63, 3.8) is 0 Å². The van der Waals surface area contributed by atoms with Gasteiger partial charge < -0.3 is 15.0 Å². The molecule has 7 nitrogen and oxygen atoms in total. The number of hydrogen-bond acceptors (Lipinski definition) is 5. The van der Waals surface area contributed by atoms with Crippen LogP contribution in [0.2, 0.25) is 0 Å². The first-order valence-electron chi connectivity index (χ1n) is 7.13. The molecule has 3 rings (SSSR count). The van der Waals surface area contributed by atoms with Gasteiger partial charge in [-0.1, -0.05) is 0 Å². The Labute approximate surface area is 127 Å². The van der Waals surface area contributed by atoms with Crippen LogP contribution in [-0.2, 0) is 14.3 Å². The Morgan fingerprint density at radius 3 is 3.00 bits per heavy atom. The number of nitrogens with one attached hydrogen (secondary N) is 1. The molecule has 2 atom stereocenters. The van der Waals surface area contributed by atoms with Crippen LogP contribution in [0.1, 0.15) is 13.3 Å². The Bertz CT molecular complexity index is 478. The molecule has 8 heteroatoms. The minimum absolute atomic E-state index is 0.0108. The number of amides is 4. The van der Waals surface area contributed by atoms with E-state index in [4.69, 9.17) is 4.74 Å². The van der Waals surface area contributed by atoms with E-state index in [1.54, 1.807) is 16.7 Å². The van der Waals surface area contributed by atoms with Crippen LogP contribution < -0.4 is 5.32 Å². The van der Waals surface area contributed by atoms with Gasteiger partial charge in [0, 0.05) is 18.8 Å². The molecule has 0 radical (unpaired) electrons. The lowest BCUT2D eigenvalue weighted by atomic mass is 9.99. The highest BCUT2D eigenvalue weighted by Gasteiger charge is 2.53. The van der Waals surface area contributed by atoms with Crippen molar-refractivity contribution in [1.82, 2.24) is 15.1 Å². The van der Waals surface area contributed by atoms with Gasteiger partial charge in [0.15, 0.2) is 0 Å². The summed E-state index contributed by atoms with van der Waals surface area (Å²) in [5.74, 6) is 0.995. The van der Waals surface area contributed by atoms with Crippen molar-refractivity contribution in [2.45, 2.75) is 25.0 Å². The van der Waals surface area contributed by atoms with E-state index < -0.39 is 11.6 Å². The van der Waals surface area contributed by atoms with Gasteiger partial charge in [-0.2, -0.15) is 11.8 Å². The van der Waals surface area contributed by atoms with Crippen molar-refractivity contribution in [1.29, 1.82) is 0 Å². The summed E-state index contributed by atoms with van der Waals surface area (Å²) < 4.78 is 5.39. The zero-order valence-electron chi connectivity index (χ0n) is 12.0. The van der Waals surface area contributed by atoms with Gasteiger partial charge in [0.25, 0.3) is 5.91 Å². The standard InChI is InChI=1S/C13H19N3O4S/c1-9-6-15(3-4-20-9)10(17)7-16-11(18)13(14-12(16)19)2-5-21-8-13/h9H,2-8H2,1H3,(H,14,19)/t9-,13+/m0/s1. The third kappa shape index (κ3) is 2.62. The van der Waals surface area contributed by atoms with Crippen molar-refractivity contribution in [3.8, 4) is 0 Å². The van der Waals surface area contributed by atoms with Gasteiger partial charge in [-0.15, -0.1) is 0 Å². The van der Waals surface area contributed by atoms with E-state index in [0.717, 1.165) is 10.7 Å². The Hall–Kier alpha value is -1.28. The molecule has 0 aromatic rings. The average molecular weight is 313 g/mol. The van der Waals surface area contributed by atoms with E-state index in [0.29, 0.717) is 31.9 Å². The van der Waals surface area contributed by atoms with Crippen molar-refractivity contribution >= 4 is 29.6 Å². The van der Waals surface area contributed by atoms with E-state index in [2.05, 4.69) is 5.32 Å². The molecule has 0 unspecified atom stereocenters. The molecular formula is C13H19N3O4S. The van der Waals surface area contributed by atoms with Crippen molar-refractivity contribution in [3.05, 3.63) is 0 Å². The molecule has 116 valence electrons. The van der Waals surface area contributed by atoms with Gasteiger partial charge >= 0.3 is 6.03 Å². The summed E-state index contributed by atoms with van der Waals surface area (Å²) in [7, 11) is 0. The topological polar surface area (TPSA) is 79.0 Å². The summed E-state index contributed by atoms with van der Waals surface area (Å²) in [6.45, 7) is 3.23. The monoisotopic (exact) mass is 313 g/mol. The number of urea groups is 1. The van der Waals surface area contributed by atoms with E-state index in [1.807, 2.05) is 6.92 Å². The van der Waals surface area contributed by atoms with E-state index in [9.17, 15) is 14.4 Å². The highest BCUT2D eigenvalue weighted by molar-refractivity contribution is 7.99. The minimum atomic E-state index is -0.777. The SMILES string of the molecule is C[C@H]1CN(C(=O)CN2C(=O)N[C@@]3(CCSC3)C2=O)CCO1. The molecule has 1 spiro atoms. The summed E-state index contributed by atoms with van der Waals surface area (Å²) >= 11 is 1.65. The first kappa shape index (κ1) is 14.6. The lowest BCUT2D eigenvalue weighted by molar-refractivity contribution is -0.142. The molecule has 0 aromatic heterocycles. The fourth-order valence-corrected chi connectivity index (χ4v) is 4.26. The molecule has 0 bridgehead atoms. The first-order valence-corrected chi connectivity index (χ1v) is 8.28. The number of ether oxygens (including phenoxy) is 1. The lowest BCUT2D eigenvalue weighted by Crippen LogP contribution is -2.50. The molecule has 3 saturated heterocycles. The molecule has 3 fully saturated rings. The van der Waals surface area contributed by atoms with Crippen LogP contribution >= 0.6 is 11.8 Å². The minimum Gasteiger partial charge on any atom is -0.375 e. The van der Waals surface area contributed by atoms with Crippen LogP contribution in [0.3, 0.4) is 0 Å². The molecule has 3 aliphatic heterocycles. The van der Waals surface area contributed by atoms with Gasteiger partial charge in [-0.05, 0) is 19.1 Å². The van der Waals surface area contributed by atoms with E-state index >= 15 is 0 Å². The Balaban J connectivity index is 1.65. The van der Waals surface area contributed by atoms with Gasteiger partial charge in [0.2, 0.25) is 5.91 Å². The van der Waals surface area contributed by atoms with E-state index in [-0.39, 0.29) is 24.5 Å². The smallest absolute Gasteiger partial charge is 0.325 e. The summed E-state index contributed by atoms with van der Waals surface area (Å²) in [5.41, 5.74) is -0.777. The van der Waals surface area contributed by atoms with Crippen LogP contribution in [-0.4, -0.2) is 77.0 Å². The predicted molar refractivity (Wildman–Crippen MR) is 76.9 cm³/mol. The maximum atomic E-state index is 12.5. The Kier molecular flexibility index (Phi) is 3.83. The van der Waals surface area contributed by atoms with Crippen LogP contribution in [0.15, 0.2) is 0 Å². The van der Waals surface area contributed by atoms with Crippen LogP contribution in [0.4, 0.5) is 4.79 Å². The summed E-state index contributed by atoms with van der Waals surface area (Å²) in [5, 5.41) is 2.77. The zero-order chi connectivity index (χ0) is 15.0. The molecule has 3 heterocycles. The normalized spacial score (nSPS) is 32.9. The van der Waals surface area contributed by atoms with Crippen molar-refractivity contribution < 1.29 is 19.1 Å². The summed E-state index contributed by atoms with van der Waals surface area (Å²) in [6.07, 6.45) is 0.630. The highest BCUT2D eigenvalue weighted by atomic mass is 32.2. The Morgan fingerprint density at radius 2 is 2.33 bits per heavy atom. The number of rotatable bonds is 2. The maximum absolute atomic E-state index is 12.5. The summed E-state index contributed by atoms with van der Waals surface area (Å²) in [6, 6.07) is -0.447.